The maximum Gasteiger partial charge on any atom is 0.217 e. The van der Waals surface area contributed by atoms with E-state index in [9.17, 15) is 91.6 Å². The predicted octanol–water partition coefficient (Wildman–Crippen LogP) is -11.4. The minimum atomic E-state index is -1.67. The van der Waals surface area contributed by atoms with Gasteiger partial charge in [-0.1, -0.05) is 13.8 Å². The lowest BCUT2D eigenvalue weighted by atomic mass is 9.88. The predicted molar refractivity (Wildman–Crippen MR) is 231 cm³/mol. The first-order valence-corrected chi connectivity index (χ1v) is 23.5. The van der Waals surface area contributed by atoms with Crippen molar-refractivity contribution in [1.82, 2.24) is 5.32 Å². The van der Waals surface area contributed by atoms with Crippen LogP contribution in [-0.4, -0.2) is 314 Å². The van der Waals surface area contributed by atoms with Crippen LogP contribution in [0, 0.1) is 11.8 Å². The number of aliphatic hydroxyl groups is 19. The van der Waals surface area contributed by atoms with Crippen molar-refractivity contribution in [3.05, 3.63) is 0 Å². The van der Waals surface area contributed by atoms with E-state index in [1.165, 1.54) is 13.8 Å². The normalized spacial score (nSPS) is 49.9. The highest BCUT2D eigenvalue weighted by molar-refractivity contribution is 5.73. The molecule has 6 saturated heterocycles. The lowest BCUT2D eigenvalue weighted by molar-refractivity contribution is -0.349. The van der Waals surface area contributed by atoms with Gasteiger partial charge in [-0.2, -0.15) is 0 Å². The van der Waals surface area contributed by atoms with Gasteiger partial charge in [0.25, 0.3) is 0 Å². The molecule has 0 aromatic carbocycles. The second-order valence-corrected chi connectivity index (χ2v) is 18.7. The Kier molecular flexibility index (Phi) is 24.6. The van der Waals surface area contributed by atoms with Crippen molar-refractivity contribution in [3.63, 3.8) is 0 Å². The van der Waals surface area contributed by atoms with Gasteiger partial charge >= 0.3 is 0 Å². The number of amides is 1. The topological polar surface area (TPSA) is 497 Å². The average Bonchev–Trinajstić information content (AvgIpc) is 3.36. The van der Waals surface area contributed by atoms with Gasteiger partial charge < -0.3 is 145 Å². The van der Waals surface area contributed by atoms with E-state index >= 15 is 0 Å². The second kappa shape index (κ2) is 28.1. The van der Waals surface area contributed by atoms with Crippen molar-refractivity contribution in [2.45, 2.75) is 206 Å². The molecule has 0 saturated carbocycles. The van der Waals surface area contributed by atoms with E-state index in [1.54, 1.807) is 20.8 Å². The molecule has 0 aromatic rings. The van der Waals surface area contributed by atoms with Gasteiger partial charge in [0.1, 0.15) is 116 Å². The standard InChI is InChI=1S/C15H27NO10.C14H26O9.C13H24O10/c1-5-9(16-6(2)19)11(21)14(8(4-18)24-5)26-15-13(23)12(22)10(20)7(3-17)25-15;1-5-6(2)21-8(4-16)13(9(5)17)23-14-12(20)11(19)10(18)7(3-15)22-14;1-4-7(16)11(6(3-15)21-12(4)20)23-13-10(19)9(18)8(17)5(2-14)22-13/h5,7-15,17-18,20-23H,3-4H2,1-2H3,(H,16,19);5-20H,3-4H2,1-2H3;4-20H,2-3H2,1H3. The molecule has 6 aliphatic rings. The maximum atomic E-state index is 11.3. The summed E-state index contributed by atoms with van der Waals surface area (Å²) in [6.07, 6.45) is -34.1. The van der Waals surface area contributed by atoms with Crippen LogP contribution in [0.3, 0.4) is 0 Å². The molecular formula is C42H77NO29. The summed E-state index contributed by atoms with van der Waals surface area (Å²) in [5, 5.41) is 188. The summed E-state index contributed by atoms with van der Waals surface area (Å²) in [7, 11) is 0. The molecule has 0 aliphatic carbocycles. The van der Waals surface area contributed by atoms with Gasteiger partial charge in [0.2, 0.25) is 5.91 Å². The van der Waals surface area contributed by atoms with Crippen LogP contribution in [0.25, 0.3) is 0 Å². The highest BCUT2D eigenvalue weighted by Gasteiger charge is 2.53. The zero-order valence-electron chi connectivity index (χ0n) is 40.1. The molecule has 30 unspecified atom stereocenters. The van der Waals surface area contributed by atoms with E-state index in [2.05, 4.69) is 5.32 Å². The van der Waals surface area contributed by atoms with Crippen LogP contribution in [0.4, 0.5) is 0 Å². The van der Waals surface area contributed by atoms with Crippen LogP contribution in [0.1, 0.15) is 34.6 Å². The molecule has 0 bridgehead atoms. The Hall–Kier alpha value is -1.65. The van der Waals surface area contributed by atoms with Crippen LogP contribution >= 0.6 is 0 Å². The number of carbonyl (C=O) groups is 1. The Morgan fingerprint density at radius 3 is 1.01 bits per heavy atom. The van der Waals surface area contributed by atoms with E-state index in [1.807, 2.05) is 0 Å². The fraction of sp³-hybridized carbons (Fsp3) is 0.976. The summed E-state index contributed by atoms with van der Waals surface area (Å²) in [5.41, 5.74) is 0. The first-order chi connectivity index (χ1) is 33.8. The minimum Gasteiger partial charge on any atom is -0.394 e. The number of hydrogen-bond donors (Lipinski definition) is 20. The van der Waals surface area contributed by atoms with Crippen molar-refractivity contribution < 1.29 is 144 Å². The summed E-state index contributed by atoms with van der Waals surface area (Å²) >= 11 is 0. The van der Waals surface area contributed by atoms with Gasteiger partial charge in [-0.05, 0) is 13.8 Å². The number of ether oxygens (including phenoxy) is 9. The third-order valence-corrected chi connectivity index (χ3v) is 13.7. The average molecular weight is 1060 g/mol. The summed E-state index contributed by atoms with van der Waals surface area (Å²) in [6, 6.07) is -0.842. The lowest BCUT2D eigenvalue weighted by Gasteiger charge is -2.46. The van der Waals surface area contributed by atoms with Gasteiger partial charge in [-0.15, -0.1) is 0 Å². The van der Waals surface area contributed by atoms with Crippen LogP contribution in [0.15, 0.2) is 0 Å². The molecule has 72 heavy (non-hydrogen) atoms. The first-order valence-electron chi connectivity index (χ1n) is 23.5. The molecule has 0 aromatic heterocycles. The minimum absolute atomic E-state index is 0.285. The van der Waals surface area contributed by atoms with E-state index in [0.717, 1.165) is 0 Å². The molecule has 0 radical (unpaired) electrons. The van der Waals surface area contributed by atoms with Gasteiger partial charge in [0.05, 0.1) is 70.1 Å². The number of nitrogens with one attached hydrogen (secondary N) is 1. The van der Waals surface area contributed by atoms with Crippen molar-refractivity contribution in [3.8, 4) is 0 Å². The van der Waals surface area contributed by atoms with Crippen LogP contribution in [-0.2, 0) is 47.4 Å². The van der Waals surface area contributed by atoms with Crippen molar-refractivity contribution in [2.75, 3.05) is 39.6 Å². The van der Waals surface area contributed by atoms with E-state index in [0.29, 0.717) is 0 Å². The molecule has 0 spiro atoms. The van der Waals surface area contributed by atoms with Crippen LogP contribution < -0.4 is 5.32 Å². The summed E-state index contributed by atoms with van der Waals surface area (Å²) in [6.45, 7) is 4.58. The van der Waals surface area contributed by atoms with Crippen LogP contribution in [0.5, 0.6) is 0 Å². The molecule has 20 N–H and O–H groups in total. The molecule has 6 fully saturated rings. The van der Waals surface area contributed by atoms with Gasteiger partial charge in [0.15, 0.2) is 25.2 Å². The van der Waals surface area contributed by atoms with Crippen LogP contribution in [0.2, 0.25) is 0 Å². The summed E-state index contributed by atoms with van der Waals surface area (Å²) < 4.78 is 48.5. The highest BCUT2D eigenvalue weighted by Crippen LogP contribution is 2.34. The number of aliphatic hydroxyl groups excluding tert-OH is 19. The van der Waals surface area contributed by atoms with Gasteiger partial charge in [0, 0.05) is 18.8 Å². The molecule has 6 aliphatic heterocycles. The second-order valence-electron chi connectivity index (χ2n) is 18.7. The third kappa shape index (κ3) is 14.5. The third-order valence-electron chi connectivity index (χ3n) is 13.7. The number of hydrogen-bond acceptors (Lipinski definition) is 29. The quantitative estimate of drug-likeness (QED) is 0.0814. The van der Waals surface area contributed by atoms with Crippen molar-refractivity contribution in [2.24, 2.45) is 11.8 Å². The largest absolute Gasteiger partial charge is 0.394 e. The SMILES string of the molecule is CC(=O)NC1C(C)OC(CO)C(OC2OC(CO)C(O)C(O)C2O)C1O.CC1C(O)OC(CO)C(OC2OC(CO)C(O)C(O)C2O)C1O.CC1OC(CO)C(OC2OC(CO)C(O)C(O)C2O)C(O)C1C. The molecule has 424 valence electrons. The number of carbonyl (C=O) groups excluding carboxylic acids is 1. The molecule has 30 nitrogen and oxygen atoms in total. The van der Waals surface area contributed by atoms with Gasteiger partial charge in [-0.3, -0.25) is 4.79 Å². The van der Waals surface area contributed by atoms with E-state index in [4.69, 9.17) is 52.8 Å². The Balaban J connectivity index is 0.000000235. The van der Waals surface area contributed by atoms with Crippen molar-refractivity contribution >= 4 is 5.91 Å². The lowest BCUT2D eigenvalue weighted by Crippen LogP contribution is -2.66. The van der Waals surface area contributed by atoms with Gasteiger partial charge in [-0.25, -0.2) is 0 Å². The first kappa shape index (κ1) is 62.9. The van der Waals surface area contributed by atoms with Crippen molar-refractivity contribution in [1.29, 1.82) is 0 Å². The molecule has 1 amide bonds. The monoisotopic (exact) mass is 1060 g/mol. The maximum absolute atomic E-state index is 11.3. The molecule has 6 rings (SSSR count). The molecule has 30 heteroatoms. The van der Waals surface area contributed by atoms with E-state index < -0.39 is 217 Å². The number of rotatable bonds is 13. The molecule has 30 atom stereocenters. The Morgan fingerprint density at radius 2 is 0.681 bits per heavy atom. The Morgan fingerprint density at radius 1 is 0.375 bits per heavy atom. The summed E-state index contributed by atoms with van der Waals surface area (Å²) in [4.78, 5) is 11.3. The zero-order chi connectivity index (χ0) is 54.2. The zero-order valence-corrected chi connectivity index (χ0v) is 40.1. The fourth-order valence-corrected chi connectivity index (χ4v) is 8.87. The molecule has 6 heterocycles. The highest BCUT2D eigenvalue weighted by atomic mass is 16.7. The smallest absolute Gasteiger partial charge is 0.217 e. The summed E-state index contributed by atoms with van der Waals surface area (Å²) in [5.74, 6) is -1.42. The van der Waals surface area contributed by atoms with E-state index in [-0.39, 0.29) is 12.0 Å². The fourth-order valence-electron chi connectivity index (χ4n) is 8.87. The Labute approximate surface area is 413 Å². The molecular weight excluding hydrogens is 982 g/mol. The Bertz CT molecular complexity index is 1520.